The fourth-order valence-electron chi connectivity index (χ4n) is 1.52. The van der Waals surface area contributed by atoms with Crippen molar-refractivity contribution in [3.05, 3.63) is 36.1 Å². The van der Waals surface area contributed by atoms with Crippen LogP contribution in [0.15, 0.2) is 36.1 Å². The molecule has 0 aliphatic carbocycles. The van der Waals surface area contributed by atoms with Gasteiger partial charge in [0.2, 0.25) is 0 Å². The Labute approximate surface area is 90.0 Å². The summed E-state index contributed by atoms with van der Waals surface area (Å²) < 4.78 is 2.90. The second-order valence-corrected chi connectivity index (χ2v) is 4.13. The number of hydrogen-bond donors (Lipinski definition) is 1. The molecule has 0 atom stereocenters. The van der Waals surface area contributed by atoms with Gasteiger partial charge < -0.3 is 5.73 Å². The van der Waals surface area contributed by atoms with Crippen molar-refractivity contribution >= 4 is 27.1 Å². The van der Waals surface area contributed by atoms with Gasteiger partial charge in [0.25, 0.3) is 0 Å². The molecule has 4 nitrogen and oxygen atoms in total. The minimum absolute atomic E-state index is 0.643. The number of nitrogens with two attached hydrogens (primary N) is 1. The largest absolute Gasteiger partial charge is 0.396 e. The van der Waals surface area contributed by atoms with Crippen LogP contribution in [0, 0.1) is 0 Å². The van der Waals surface area contributed by atoms with Gasteiger partial charge in [-0.2, -0.15) is 5.10 Å². The van der Waals surface area contributed by atoms with E-state index < -0.39 is 0 Å². The quantitative estimate of drug-likeness (QED) is 0.677. The third kappa shape index (κ3) is 1.28. The highest BCUT2D eigenvalue weighted by Gasteiger charge is 2.06. The third-order valence-electron chi connectivity index (χ3n) is 2.18. The Hall–Kier alpha value is -1.88. The van der Waals surface area contributed by atoms with Crippen LogP contribution in [0.25, 0.3) is 15.9 Å². The van der Waals surface area contributed by atoms with E-state index in [2.05, 4.69) is 10.1 Å². The van der Waals surface area contributed by atoms with Crippen LogP contribution in [-0.4, -0.2) is 14.8 Å². The van der Waals surface area contributed by atoms with Crippen molar-refractivity contribution in [2.24, 2.45) is 0 Å². The molecule has 0 aromatic carbocycles. The van der Waals surface area contributed by atoms with Gasteiger partial charge in [-0.25, -0.2) is 9.67 Å². The summed E-state index contributed by atoms with van der Waals surface area (Å²) in [6, 6.07) is 4.04. The lowest BCUT2D eigenvalue weighted by molar-refractivity contribution is 0.856. The Bertz CT molecular complexity index is 610. The van der Waals surface area contributed by atoms with Crippen LogP contribution in [0.3, 0.4) is 0 Å². The molecule has 0 radical (unpaired) electrons. The SMILES string of the molecule is Nc1cnn(-c2nccc3sccc23)c1. The van der Waals surface area contributed by atoms with Gasteiger partial charge in [-0.15, -0.1) is 11.3 Å². The van der Waals surface area contributed by atoms with E-state index in [1.807, 2.05) is 17.5 Å². The lowest BCUT2D eigenvalue weighted by atomic mass is 10.3. The van der Waals surface area contributed by atoms with Crippen molar-refractivity contribution in [2.75, 3.05) is 5.73 Å². The maximum atomic E-state index is 5.63. The van der Waals surface area contributed by atoms with E-state index in [0.29, 0.717) is 5.69 Å². The van der Waals surface area contributed by atoms with Gasteiger partial charge in [-0.1, -0.05) is 0 Å². The normalized spacial score (nSPS) is 10.9. The number of pyridine rings is 1. The van der Waals surface area contributed by atoms with Crippen molar-refractivity contribution in [3.8, 4) is 5.82 Å². The summed E-state index contributed by atoms with van der Waals surface area (Å²) >= 11 is 1.69. The predicted molar refractivity (Wildman–Crippen MR) is 61.2 cm³/mol. The Kier molecular flexibility index (Phi) is 1.72. The summed E-state index contributed by atoms with van der Waals surface area (Å²) in [6.45, 7) is 0. The van der Waals surface area contributed by atoms with Gasteiger partial charge in [0.1, 0.15) is 0 Å². The zero-order valence-electron chi connectivity index (χ0n) is 7.79. The van der Waals surface area contributed by atoms with E-state index in [-0.39, 0.29) is 0 Å². The summed E-state index contributed by atoms with van der Waals surface area (Å²) in [6.07, 6.45) is 5.17. The van der Waals surface area contributed by atoms with Crippen molar-refractivity contribution in [1.82, 2.24) is 14.8 Å². The first-order chi connectivity index (χ1) is 7.34. The van der Waals surface area contributed by atoms with Gasteiger partial charge in [-0.3, -0.25) is 0 Å². The summed E-state index contributed by atoms with van der Waals surface area (Å²) in [7, 11) is 0. The molecular formula is C10H8N4S. The molecular weight excluding hydrogens is 208 g/mol. The molecule has 0 bridgehead atoms. The topological polar surface area (TPSA) is 56.7 Å². The number of fused-ring (bicyclic) bond motifs is 1. The van der Waals surface area contributed by atoms with Gasteiger partial charge in [0, 0.05) is 16.3 Å². The number of anilines is 1. The summed E-state index contributed by atoms with van der Waals surface area (Å²) in [5, 5.41) is 7.30. The zero-order valence-corrected chi connectivity index (χ0v) is 8.61. The van der Waals surface area contributed by atoms with Crippen LogP contribution < -0.4 is 5.73 Å². The van der Waals surface area contributed by atoms with E-state index >= 15 is 0 Å². The number of rotatable bonds is 1. The second kappa shape index (κ2) is 3.06. The molecule has 3 aromatic rings. The first kappa shape index (κ1) is 8.43. The molecule has 3 heterocycles. The molecule has 0 spiro atoms. The second-order valence-electron chi connectivity index (χ2n) is 3.19. The molecule has 2 N–H and O–H groups in total. The van der Waals surface area contributed by atoms with Gasteiger partial charge in [-0.05, 0) is 17.5 Å². The van der Waals surface area contributed by atoms with Gasteiger partial charge >= 0.3 is 0 Å². The molecule has 0 saturated carbocycles. The Morgan fingerprint density at radius 3 is 3.07 bits per heavy atom. The highest BCUT2D eigenvalue weighted by atomic mass is 32.1. The molecule has 74 valence electrons. The molecule has 0 unspecified atom stereocenters. The van der Waals surface area contributed by atoms with Crippen LogP contribution in [0.4, 0.5) is 5.69 Å². The number of hydrogen-bond acceptors (Lipinski definition) is 4. The summed E-state index contributed by atoms with van der Waals surface area (Å²) in [4.78, 5) is 4.31. The average Bonchev–Trinajstić information content (AvgIpc) is 2.84. The zero-order chi connectivity index (χ0) is 10.3. The van der Waals surface area contributed by atoms with E-state index in [4.69, 9.17) is 5.73 Å². The molecule has 3 aromatic heterocycles. The lowest BCUT2D eigenvalue weighted by Crippen LogP contribution is -1.97. The molecule has 0 aliphatic heterocycles. The number of aromatic nitrogens is 3. The van der Waals surface area contributed by atoms with E-state index in [9.17, 15) is 0 Å². The van der Waals surface area contributed by atoms with Crippen LogP contribution in [-0.2, 0) is 0 Å². The van der Waals surface area contributed by atoms with Crippen LogP contribution >= 0.6 is 11.3 Å². The highest BCUT2D eigenvalue weighted by Crippen LogP contribution is 2.24. The lowest BCUT2D eigenvalue weighted by Gasteiger charge is -2.00. The third-order valence-corrected chi connectivity index (χ3v) is 3.06. The first-order valence-corrected chi connectivity index (χ1v) is 5.35. The maximum Gasteiger partial charge on any atom is 0.162 e. The molecule has 0 amide bonds. The average molecular weight is 216 g/mol. The number of nitrogen functional groups attached to an aromatic ring is 1. The minimum atomic E-state index is 0.643. The fourth-order valence-corrected chi connectivity index (χ4v) is 2.29. The molecule has 0 fully saturated rings. The first-order valence-electron chi connectivity index (χ1n) is 4.47. The Morgan fingerprint density at radius 2 is 2.27 bits per heavy atom. The monoisotopic (exact) mass is 216 g/mol. The minimum Gasteiger partial charge on any atom is -0.396 e. The number of thiophene rings is 1. The van der Waals surface area contributed by atoms with Crippen molar-refractivity contribution in [1.29, 1.82) is 0 Å². The molecule has 3 rings (SSSR count). The van der Waals surface area contributed by atoms with Crippen LogP contribution in [0.2, 0.25) is 0 Å². The van der Waals surface area contributed by atoms with E-state index in [0.717, 1.165) is 11.2 Å². The van der Waals surface area contributed by atoms with Crippen molar-refractivity contribution < 1.29 is 0 Å². The molecule has 5 heteroatoms. The van der Waals surface area contributed by atoms with E-state index in [1.54, 1.807) is 34.6 Å². The fraction of sp³-hybridized carbons (Fsp3) is 0. The smallest absolute Gasteiger partial charge is 0.162 e. The summed E-state index contributed by atoms with van der Waals surface area (Å²) in [5.74, 6) is 0.824. The van der Waals surface area contributed by atoms with Crippen LogP contribution in [0.5, 0.6) is 0 Å². The standard InChI is InChI=1S/C10H8N4S/c11-7-5-13-14(6-7)10-8-2-4-15-9(8)1-3-12-10/h1-6H,11H2. The number of nitrogens with zero attached hydrogens (tertiary/aromatic N) is 3. The van der Waals surface area contributed by atoms with Crippen LogP contribution in [0.1, 0.15) is 0 Å². The van der Waals surface area contributed by atoms with Gasteiger partial charge in [0.05, 0.1) is 18.1 Å². The van der Waals surface area contributed by atoms with Gasteiger partial charge in [0.15, 0.2) is 5.82 Å². The summed E-state index contributed by atoms with van der Waals surface area (Å²) in [5.41, 5.74) is 6.27. The molecule has 0 aliphatic rings. The molecule has 0 saturated heterocycles. The Balaban J connectivity index is 2.30. The van der Waals surface area contributed by atoms with Crippen molar-refractivity contribution in [2.45, 2.75) is 0 Å². The maximum absolute atomic E-state index is 5.63. The Morgan fingerprint density at radius 1 is 1.33 bits per heavy atom. The highest BCUT2D eigenvalue weighted by molar-refractivity contribution is 7.17. The van der Waals surface area contributed by atoms with Crippen molar-refractivity contribution in [3.63, 3.8) is 0 Å². The predicted octanol–water partition coefficient (Wildman–Crippen LogP) is 2.06. The molecule has 15 heavy (non-hydrogen) atoms. The van der Waals surface area contributed by atoms with E-state index in [1.165, 1.54) is 4.70 Å².